The minimum atomic E-state index is -0.627. The normalized spacial score (nSPS) is 12.3. The Hall–Kier alpha value is -1.32. The summed E-state index contributed by atoms with van der Waals surface area (Å²) in [5, 5.41) is 10.7. The van der Waals surface area contributed by atoms with Crippen LogP contribution in [0, 0.1) is 20.8 Å². The van der Waals surface area contributed by atoms with Gasteiger partial charge in [-0.3, -0.25) is 0 Å². The standard InChI is InChI=1S/C17H19BrO2/c1-10-7-11(2)16(12(3)8-10)17(19)13-5-6-15(20-4)14(18)9-13/h5-9,17,19H,1-4H3. The average molecular weight is 335 g/mol. The second-order valence-corrected chi connectivity index (χ2v) is 5.96. The van der Waals surface area contributed by atoms with Crippen LogP contribution in [0.3, 0.4) is 0 Å². The van der Waals surface area contributed by atoms with Gasteiger partial charge in [0.25, 0.3) is 0 Å². The Morgan fingerprint density at radius 1 is 1.05 bits per heavy atom. The van der Waals surface area contributed by atoms with Crippen molar-refractivity contribution in [2.45, 2.75) is 26.9 Å². The Morgan fingerprint density at radius 2 is 1.65 bits per heavy atom. The van der Waals surface area contributed by atoms with E-state index in [4.69, 9.17) is 4.74 Å². The Labute approximate surface area is 128 Å². The van der Waals surface area contributed by atoms with Crippen molar-refractivity contribution in [1.29, 1.82) is 0 Å². The van der Waals surface area contributed by atoms with E-state index >= 15 is 0 Å². The van der Waals surface area contributed by atoms with E-state index in [1.165, 1.54) is 5.56 Å². The van der Waals surface area contributed by atoms with Crippen LogP contribution in [-0.4, -0.2) is 12.2 Å². The van der Waals surface area contributed by atoms with E-state index in [1.54, 1.807) is 7.11 Å². The molecular formula is C17H19BrO2. The van der Waals surface area contributed by atoms with Gasteiger partial charge in [0.05, 0.1) is 11.6 Å². The Balaban J connectivity index is 2.46. The monoisotopic (exact) mass is 334 g/mol. The number of aliphatic hydroxyl groups is 1. The molecule has 0 radical (unpaired) electrons. The molecule has 2 aromatic carbocycles. The number of benzene rings is 2. The van der Waals surface area contributed by atoms with Gasteiger partial charge < -0.3 is 9.84 Å². The van der Waals surface area contributed by atoms with Gasteiger partial charge in [0.1, 0.15) is 11.9 Å². The first-order valence-electron chi connectivity index (χ1n) is 6.53. The van der Waals surface area contributed by atoms with E-state index in [9.17, 15) is 5.11 Å². The van der Waals surface area contributed by atoms with E-state index in [1.807, 2.05) is 32.0 Å². The highest BCUT2D eigenvalue weighted by Crippen LogP contribution is 2.33. The Kier molecular flexibility index (Phi) is 4.51. The zero-order chi connectivity index (χ0) is 14.9. The summed E-state index contributed by atoms with van der Waals surface area (Å²) in [5.41, 5.74) is 5.27. The van der Waals surface area contributed by atoms with E-state index in [2.05, 4.69) is 35.0 Å². The molecule has 1 atom stereocenters. The first kappa shape index (κ1) is 15.1. The molecule has 0 spiro atoms. The lowest BCUT2D eigenvalue weighted by molar-refractivity contribution is 0.218. The molecule has 2 rings (SSSR count). The third-order valence-electron chi connectivity index (χ3n) is 3.50. The zero-order valence-corrected chi connectivity index (χ0v) is 13.8. The lowest BCUT2D eigenvalue weighted by atomic mass is 9.92. The molecule has 2 nitrogen and oxygen atoms in total. The zero-order valence-electron chi connectivity index (χ0n) is 12.2. The van der Waals surface area contributed by atoms with Gasteiger partial charge in [-0.1, -0.05) is 23.8 Å². The number of hydrogen-bond acceptors (Lipinski definition) is 2. The molecular weight excluding hydrogens is 316 g/mol. The number of aliphatic hydroxyl groups excluding tert-OH is 1. The fourth-order valence-electron chi connectivity index (χ4n) is 2.64. The number of ether oxygens (including phenoxy) is 1. The van der Waals surface area contributed by atoms with Crippen LogP contribution in [0.4, 0.5) is 0 Å². The maximum Gasteiger partial charge on any atom is 0.133 e. The third kappa shape index (κ3) is 2.89. The summed E-state index contributed by atoms with van der Waals surface area (Å²) in [6, 6.07) is 9.87. The summed E-state index contributed by atoms with van der Waals surface area (Å²) in [4.78, 5) is 0. The first-order valence-corrected chi connectivity index (χ1v) is 7.32. The van der Waals surface area contributed by atoms with E-state index in [-0.39, 0.29) is 0 Å². The van der Waals surface area contributed by atoms with Crippen LogP contribution in [0.1, 0.15) is 33.9 Å². The van der Waals surface area contributed by atoms with Crippen molar-refractivity contribution in [3.8, 4) is 5.75 Å². The summed E-state index contributed by atoms with van der Waals surface area (Å²) < 4.78 is 6.07. The molecule has 0 heterocycles. The van der Waals surface area contributed by atoms with Crippen molar-refractivity contribution >= 4 is 15.9 Å². The van der Waals surface area contributed by atoms with Crippen LogP contribution < -0.4 is 4.74 Å². The number of halogens is 1. The van der Waals surface area contributed by atoms with E-state index in [0.717, 1.165) is 32.5 Å². The Bertz CT molecular complexity index is 612. The SMILES string of the molecule is COc1ccc(C(O)c2c(C)cc(C)cc2C)cc1Br. The molecule has 0 saturated carbocycles. The summed E-state index contributed by atoms with van der Waals surface area (Å²) in [6.45, 7) is 6.15. The van der Waals surface area contributed by atoms with Crippen molar-refractivity contribution in [3.63, 3.8) is 0 Å². The molecule has 2 aromatic rings. The molecule has 0 bridgehead atoms. The van der Waals surface area contributed by atoms with Gasteiger partial charge in [-0.2, -0.15) is 0 Å². The maximum absolute atomic E-state index is 10.7. The van der Waals surface area contributed by atoms with E-state index in [0.29, 0.717) is 0 Å². The van der Waals surface area contributed by atoms with E-state index < -0.39 is 6.10 Å². The number of methoxy groups -OCH3 is 1. The highest BCUT2D eigenvalue weighted by atomic mass is 79.9. The lowest BCUT2D eigenvalue weighted by Gasteiger charge is -2.18. The third-order valence-corrected chi connectivity index (χ3v) is 4.12. The minimum Gasteiger partial charge on any atom is -0.496 e. The Morgan fingerprint density at radius 3 is 2.15 bits per heavy atom. The molecule has 0 amide bonds. The van der Waals surface area contributed by atoms with Gasteiger partial charge in [-0.05, 0) is 71.1 Å². The predicted octanol–water partition coefficient (Wildman–Crippen LogP) is 4.46. The highest BCUT2D eigenvalue weighted by molar-refractivity contribution is 9.10. The van der Waals surface area contributed by atoms with Gasteiger partial charge in [0, 0.05) is 0 Å². The summed E-state index contributed by atoms with van der Waals surface area (Å²) in [7, 11) is 1.63. The predicted molar refractivity (Wildman–Crippen MR) is 85.4 cm³/mol. The van der Waals surface area contributed by atoms with Gasteiger partial charge in [0.2, 0.25) is 0 Å². The molecule has 0 aliphatic heterocycles. The number of aryl methyl sites for hydroxylation is 3. The molecule has 0 aliphatic rings. The largest absolute Gasteiger partial charge is 0.496 e. The molecule has 1 unspecified atom stereocenters. The van der Waals surface area contributed by atoms with Crippen molar-refractivity contribution in [2.75, 3.05) is 7.11 Å². The van der Waals surface area contributed by atoms with Crippen molar-refractivity contribution < 1.29 is 9.84 Å². The molecule has 0 aromatic heterocycles. The maximum atomic E-state index is 10.7. The number of hydrogen-bond donors (Lipinski definition) is 1. The molecule has 106 valence electrons. The van der Waals surface area contributed by atoms with Gasteiger partial charge in [-0.25, -0.2) is 0 Å². The average Bonchev–Trinajstić information content (AvgIpc) is 2.37. The van der Waals surface area contributed by atoms with Crippen molar-refractivity contribution in [1.82, 2.24) is 0 Å². The second kappa shape index (κ2) is 5.98. The van der Waals surface area contributed by atoms with Gasteiger partial charge in [0.15, 0.2) is 0 Å². The first-order chi connectivity index (χ1) is 9.43. The summed E-state index contributed by atoms with van der Waals surface area (Å²) >= 11 is 3.46. The van der Waals surface area contributed by atoms with Crippen molar-refractivity contribution in [3.05, 3.63) is 62.6 Å². The van der Waals surface area contributed by atoms with Crippen LogP contribution in [0.2, 0.25) is 0 Å². The van der Waals surface area contributed by atoms with Crippen LogP contribution >= 0.6 is 15.9 Å². The molecule has 3 heteroatoms. The fourth-order valence-corrected chi connectivity index (χ4v) is 3.20. The topological polar surface area (TPSA) is 29.5 Å². The highest BCUT2D eigenvalue weighted by Gasteiger charge is 2.17. The lowest BCUT2D eigenvalue weighted by Crippen LogP contribution is -2.05. The smallest absolute Gasteiger partial charge is 0.133 e. The van der Waals surface area contributed by atoms with Crippen LogP contribution in [0.15, 0.2) is 34.8 Å². The van der Waals surface area contributed by atoms with Crippen LogP contribution in [0.25, 0.3) is 0 Å². The molecule has 0 aliphatic carbocycles. The van der Waals surface area contributed by atoms with Crippen LogP contribution in [-0.2, 0) is 0 Å². The molecule has 0 fully saturated rings. The quantitative estimate of drug-likeness (QED) is 0.897. The second-order valence-electron chi connectivity index (χ2n) is 5.11. The summed E-state index contributed by atoms with van der Waals surface area (Å²) in [5.74, 6) is 0.762. The van der Waals surface area contributed by atoms with Crippen molar-refractivity contribution in [2.24, 2.45) is 0 Å². The molecule has 20 heavy (non-hydrogen) atoms. The fraction of sp³-hybridized carbons (Fsp3) is 0.294. The van der Waals surface area contributed by atoms with Gasteiger partial charge >= 0.3 is 0 Å². The molecule has 1 N–H and O–H groups in total. The van der Waals surface area contributed by atoms with Gasteiger partial charge in [-0.15, -0.1) is 0 Å². The summed E-state index contributed by atoms with van der Waals surface area (Å²) in [6.07, 6.45) is -0.627. The van der Waals surface area contributed by atoms with Crippen LogP contribution in [0.5, 0.6) is 5.75 Å². The minimum absolute atomic E-state index is 0.627. The molecule has 0 saturated heterocycles. The number of rotatable bonds is 3.